The molecule has 0 aliphatic carbocycles. The number of hydrogen-bond donors (Lipinski definition) is 1. The molecule has 0 aliphatic heterocycles. The molecule has 2 aromatic carbocycles. The second kappa shape index (κ2) is 8.18. The molecule has 4 rings (SSSR count). The van der Waals surface area contributed by atoms with Gasteiger partial charge in [-0.1, -0.05) is 53.2 Å². The first-order valence-electron chi connectivity index (χ1n) is 8.23. The molecule has 0 radical (unpaired) electrons. The van der Waals surface area contributed by atoms with Gasteiger partial charge in [0, 0.05) is 15.7 Å². The van der Waals surface area contributed by atoms with Crippen LogP contribution < -0.4 is 5.32 Å². The molecule has 1 N–H and O–H groups in total. The van der Waals surface area contributed by atoms with E-state index in [-0.39, 0.29) is 11.7 Å². The lowest BCUT2D eigenvalue weighted by atomic mass is 10.3. The highest BCUT2D eigenvalue weighted by molar-refractivity contribution is 8.00. The van der Waals surface area contributed by atoms with Crippen LogP contribution in [0, 0.1) is 0 Å². The molecule has 0 unspecified atom stereocenters. The van der Waals surface area contributed by atoms with Crippen molar-refractivity contribution in [3.8, 4) is 5.69 Å². The van der Waals surface area contributed by atoms with E-state index in [1.54, 1.807) is 29.1 Å². The van der Waals surface area contributed by atoms with Crippen LogP contribution >= 0.6 is 35.0 Å². The zero-order chi connectivity index (χ0) is 19.5. The van der Waals surface area contributed by atoms with Gasteiger partial charge < -0.3 is 5.32 Å². The van der Waals surface area contributed by atoms with Gasteiger partial charge in [-0.3, -0.25) is 4.79 Å². The van der Waals surface area contributed by atoms with E-state index in [0.717, 1.165) is 11.1 Å². The third-order valence-electron chi connectivity index (χ3n) is 3.82. The number of nitrogens with zero attached hydrogens (tertiary/aromatic N) is 4. The fourth-order valence-electron chi connectivity index (χ4n) is 2.65. The van der Waals surface area contributed by atoms with Crippen LogP contribution in [0.1, 0.15) is 0 Å². The number of rotatable bonds is 5. The first kappa shape index (κ1) is 18.7. The molecule has 140 valence electrons. The lowest BCUT2D eigenvalue weighted by Crippen LogP contribution is -2.14. The summed E-state index contributed by atoms with van der Waals surface area (Å²) in [6.07, 6.45) is 3.18. The molecule has 0 saturated carbocycles. The van der Waals surface area contributed by atoms with Crippen LogP contribution in [0.25, 0.3) is 16.7 Å². The Labute approximate surface area is 174 Å². The van der Waals surface area contributed by atoms with E-state index in [0.29, 0.717) is 26.4 Å². The van der Waals surface area contributed by atoms with Gasteiger partial charge in [0.2, 0.25) is 5.91 Å². The van der Waals surface area contributed by atoms with Crippen molar-refractivity contribution in [2.45, 2.75) is 5.03 Å². The molecular formula is C19H13Cl2N5OS. The number of hydrogen-bond acceptors (Lipinski definition) is 5. The van der Waals surface area contributed by atoms with Crippen LogP contribution in [0.15, 0.2) is 66.1 Å². The smallest absolute Gasteiger partial charge is 0.234 e. The van der Waals surface area contributed by atoms with Crippen LogP contribution in [-0.4, -0.2) is 31.4 Å². The van der Waals surface area contributed by atoms with Crippen molar-refractivity contribution in [1.82, 2.24) is 19.7 Å². The summed E-state index contributed by atoms with van der Waals surface area (Å²) >= 11 is 13.2. The highest BCUT2D eigenvalue weighted by Gasteiger charge is 2.13. The Morgan fingerprint density at radius 1 is 1.07 bits per heavy atom. The zero-order valence-corrected chi connectivity index (χ0v) is 16.7. The van der Waals surface area contributed by atoms with Crippen LogP contribution in [0.2, 0.25) is 10.0 Å². The van der Waals surface area contributed by atoms with Gasteiger partial charge in [0.1, 0.15) is 11.4 Å². The van der Waals surface area contributed by atoms with Crippen LogP contribution in [0.3, 0.4) is 0 Å². The summed E-state index contributed by atoms with van der Waals surface area (Å²) in [5.41, 5.74) is 2.14. The minimum atomic E-state index is -0.189. The number of halogens is 2. The topological polar surface area (TPSA) is 72.7 Å². The fraction of sp³-hybridized carbons (Fsp3) is 0.0526. The van der Waals surface area contributed by atoms with Crippen molar-refractivity contribution in [3.63, 3.8) is 0 Å². The quantitative estimate of drug-likeness (QED) is 0.362. The van der Waals surface area contributed by atoms with E-state index in [4.69, 9.17) is 23.2 Å². The number of anilines is 1. The molecule has 0 fully saturated rings. The highest BCUT2D eigenvalue weighted by atomic mass is 35.5. The highest BCUT2D eigenvalue weighted by Crippen LogP contribution is 2.26. The average molecular weight is 430 g/mol. The third kappa shape index (κ3) is 4.11. The van der Waals surface area contributed by atoms with E-state index >= 15 is 0 Å². The first-order valence-corrected chi connectivity index (χ1v) is 9.97. The molecule has 2 heterocycles. The van der Waals surface area contributed by atoms with Crippen molar-refractivity contribution < 1.29 is 4.79 Å². The Kier molecular flexibility index (Phi) is 5.47. The molecule has 6 nitrogen and oxygen atoms in total. The summed E-state index contributed by atoms with van der Waals surface area (Å²) in [4.78, 5) is 20.9. The van der Waals surface area contributed by atoms with Gasteiger partial charge in [-0.05, 0) is 30.3 Å². The minimum absolute atomic E-state index is 0.173. The molecule has 0 spiro atoms. The Hall–Kier alpha value is -2.61. The molecule has 0 aliphatic rings. The van der Waals surface area contributed by atoms with Gasteiger partial charge in [0.05, 0.1) is 23.0 Å². The number of fused-ring (bicyclic) bond motifs is 1. The minimum Gasteiger partial charge on any atom is -0.325 e. The second-order valence-corrected chi connectivity index (χ2v) is 7.64. The lowest BCUT2D eigenvalue weighted by molar-refractivity contribution is -0.113. The van der Waals surface area contributed by atoms with Crippen LogP contribution in [0.5, 0.6) is 0 Å². The Balaban J connectivity index is 1.51. The number of benzene rings is 2. The van der Waals surface area contributed by atoms with E-state index in [1.807, 2.05) is 30.3 Å². The largest absolute Gasteiger partial charge is 0.325 e. The van der Waals surface area contributed by atoms with E-state index < -0.39 is 0 Å². The molecule has 0 saturated heterocycles. The maximum absolute atomic E-state index is 12.3. The summed E-state index contributed by atoms with van der Waals surface area (Å²) in [5.74, 6) is -0.0159. The monoisotopic (exact) mass is 429 g/mol. The van der Waals surface area contributed by atoms with Gasteiger partial charge in [-0.2, -0.15) is 5.10 Å². The zero-order valence-electron chi connectivity index (χ0n) is 14.3. The van der Waals surface area contributed by atoms with Gasteiger partial charge >= 0.3 is 0 Å². The van der Waals surface area contributed by atoms with E-state index in [1.165, 1.54) is 18.1 Å². The third-order valence-corrected chi connectivity index (χ3v) is 5.26. The van der Waals surface area contributed by atoms with E-state index in [9.17, 15) is 4.79 Å². The molecule has 4 aromatic rings. The normalized spacial score (nSPS) is 10.9. The molecule has 1 amide bonds. The van der Waals surface area contributed by atoms with Gasteiger partial charge in [0.15, 0.2) is 5.65 Å². The van der Waals surface area contributed by atoms with Crippen LogP contribution in [0.4, 0.5) is 5.69 Å². The van der Waals surface area contributed by atoms with Gasteiger partial charge in [-0.15, -0.1) is 0 Å². The number of amides is 1. The van der Waals surface area contributed by atoms with Gasteiger partial charge in [-0.25, -0.2) is 14.6 Å². The van der Waals surface area contributed by atoms with Crippen molar-refractivity contribution in [1.29, 1.82) is 0 Å². The predicted octanol–water partition coefficient (Wildman–Crippen LogP) is 4.85. The summed E-state index contributed by atoms with van der Waals surface area (Å²) in [6.45, 7) is 0. The molecular weight excluding hydrogens is 417 g/mol. The first-order chi connectivity index (χ1) is 13.6. The number of thioether (sulfide) groups is 1. The number of aromatic nitrogens is 4. The van der Waals surface area contributed by atoms with Crippen molar-refractivity contribution >= 4 is 57.6 Å². The molecule has 2 aromatic heterocycles. The standard InChI is InChI=1S/C19H13Cl2N5OS/c20-12-6-13(21)8-14(7-12)25-17(27)10-28-19-16-9-24-26(18(16)22-11-23-19)15-4-2-1-3-5-15/h1-9,11H,10H2,(H,25,27). The van der Waals surface area contributed by atoms with Crippen molar-refractivity contribution in [2.24, 2.45) is 0 Å². The average Bonchev–Trinajstić information content (AvgIpc) is 3.11. The number of carbonyl (C=O) groups is 1. The summed E-state index contributed by atoms with van der Waals surface area (Å²) in [5, 5.41) is 9.58. The van der Waals surface area contributed by atoms with Crippen LogP contribution in [-0.2, 0) is 4.79 Å². The maximum Gasteiger partial charge on any atom is 0.234 e. The van der Waals surface area contributed by atoms with E-state index in [2.05, 4.69) is 20.4 Å². The van der Waals surface area contributed by atoms with Gasteiger partial charge in [0.25, 0.3) is 0 Å². The Bertz CT molecular complexity index is 1130. The Morgan fingerprint density at radius 2 is 1.82 bits per heavy atom. The SMILES string of the molecule is O=C(CSc1ncnc2c1cnn2-c1ccccc1)Nc1cc(Cl)cc(Cl)c1. The Morgan fingerprint density at radius 3 is 2.57 bits per heavy atom. The molecule has 28 heavy (non-hydrogen) atoms. The molecule has 0 atom stereocenters. The number of para-hydroxylation sites is 1. The number of carbonyl (C=O) groups excluding carboxylic acids is 1. The number of nitrogens with one attached hydrogen (secondary N) is 1. The molecule has 9 heteroatoms. The summed E-state index contributed by atoms with van der Waals surface area (Å²) in [6, 6.07) is 14.6. The fourth-order valence-corrected chi connectivity index (χ4v) is 3.94. The predicted molar refractivity (Wildman–Crippen MR) is 112 cm³/mol. The molecule has 0 bridgehead atoms. The second-order valence-electron chi connectivity index (χ2n) is 5.80. The summed E-state index contributed by atoms with van der Waals surface area (Å²) in [7, 11) is 0. The van der Waals surface area contributed by atoms with Crippen molar-refractivity contribution in [2.75, 3.05) is 11.1 Å². The lowest BCUT2D eigenvalue weighted by Gasteiger charge is -2.07. The van der Waals surface area contributed by atoms with Crippen molar-refractivity contribution in [3.05, 3.63) is 71.1 Å². The maximum atomic E-state index is 12.3. The summed E-state index contributed by atoms with van der Waals surface area (Å²) < 4.78 is 1.75.